The Bertz CT molecular complexity index is 1430. The van der Waals surface area contributed by atoms with Gasteiger partial charge in [0, 0.05) is 36.6 Å². The highest BCUT2D eigenvalue weighted by molar-refractivity contribution is 5.81. The second-order valence-corrected chi connectivity index (χ2v) is 10.7. The summed E-state index contributed by atoms with van der Waals surface area (Å²) in [5.74, 6) is 1.68. The first-order valence-corrected chi connectivity index (χ1v) is 12.5. The van der Waals surface area contributed by atoms with E-state index in [1.165, 1.54) is 0 Å². The molecule has 10 heteroatoms. The molecule has 0 bridgehead atoms. The Labute approximate surface area is 216 Å². The third-order valence-electron chi connectivity index (χ3n) is 6.26. The Morgan fingerprint density at radius 1 is 1.08 bits per heavy atom. The number of pyridine rings is 2. The molecule has 0 aromatic carbocycles. The molecule has 0 unspecified atom stereocenters. The van der Waals surface area contributed by atoms with Gasteiger partial charge < -0.3 is 15.0 Å². The first kappa shape index (κ1) is 24.6. The molecule has 192 valence electrons. The van der Waals surface area contributed by atoms with E-state index in [0.29, 0.717) is 30.6 Å². The van der Waals surface area contributed by atoms with E-state index >= 15 is 0 Å². The number of fused-ring (bicyclic) bond motifs is 1. The smallest absolute Gasteiger partial charge is 0.410 e. The van der Waals surface area contributed by atoms with E-state index in [2.05, 4.69) is 39.4 Å². The van der Waals surface area contributed by atoms with E-state index in [1.807, 2.05) is 68.3 Å². The van der Waals surface area contributed by atoms with Crippen molar-refractivity contribution in [3.63, 3.8) is 0 Å². The zero-order valence-electron chi connectivity index (χ0n) is 21.8. The standard InChI is InChI=1S/C27H32N8O2/c1-17(2)18-11-25(33-29-13-18)32-24-7-6-22-23(31-24)10-19(12-28-22)20-14-30-35(15-20)21-8-9-34(16-21)26(36)37-27(3,4)5/h6-7,10-15,17,21H,8-9,16H2,1-5H3,(H,31,32,33)/t21-/m0/s1. The minimum atomic E-state index is -0.508. The summed E-state index contributed by atoms with van der Waals surface area (Å²) in [7, 11) is 0. The molecule has 5 heterocycles. The summed E-state index contributed by atoms with van der Waals surface area (Å²) in [6.07, 6.45) is 7.99. The lowest BCUT2D eigenvalue weighted by atomic mass is 10.1. The second-order valence-electron chi connectivity index (χ2n) is 10.7. The minimum absolute atomic E-state index is 0.103. The highest BCUT2D eigenvalue weighted by atomic mass is 16.6. The van der Waals surface area contributed by atoms with Crippen molar-refractivity contribution in [1.82, 2.24) is 34.8 Å². The predicted molar refractivity (Wildman–Crippen MR) is 142 cm³/mol. The number of carbonyl (C=O) groups excluding carboxylic acids is 1. The fraction of sp³-hybridized carbons (Fsp3) is 0.407. The predicted octanol–water partition coefficient (Wildman–Crippen LogP) is 5.33. The van der Waals surface area contributed by atoms with Gasteiger partial charge in [-0.15, -0.1) is 5.10 Å². The molecule has 5 rings (SSSR count). The van der Waals surface area contributed by atoms with Gasteiger partial charge in [-0.05, 0) is 62.9 Å². The Hall–Kier alpha value is -4.08. The number of carbonyl (C=O) groups is 1. The number of amides is 1. The first-order valence-electron chi connectivity index (χ1n) is 12.5. The Morgan fingerprint density at radius 2 is 1.92 bits per heavy atom. The van der Waals surface area contributed by atoms with Gasteiger partial charge in [-0.1, -0.05) is 13.8 Å². The van der Waals surface area contributed by atoms with Crippen molar-refractivity contribution < 1.29 is 9.53 Å². The first-order chi connectivity index (χ1) is 17.6. The fourth-order valence-electron chi connectivity index (χ4n) is 4.26. The van der Waals surface area contributed by atoms with E-state index in [4.69, 9.17) is 9.72 Å². The summed E-state index contributed by atoms with van der Waals surface area (Å²) in [4.78, 5) is 23.5. The number of aromatic nitrogens is 6. The average molecular weight is 501 g/mol. The molecule has 0 spiro atoms. The monoisotopic (exact) mass is 500 g/mol. The number of ether oxygens (including phenoxy) is 1. The van der Waals surface area contributed by atoms with Crippen molar-refractivity contribution in [3.8, 4) is 11.1 Å². The van der Waals surface area contributed by atoms with Gasteiger partial charge >= 0.3 is 6.09 Å². The van der Waals surface area contributed by atoms with Crippen LogP contribution in [0.3, 0.4) is 0 Å². The zero-order valence-corrected chi connectivity index (χ0v) is 21.8. The van der Waals surface area contributed by atoms with Crippen molar-refractivity contribution in [1.29, 1.82) is 0 Å². The lowest BCUT2D eigenvalue weighted by Crippen LogP contribution is -2.35. The molecule has 1 N–H and O–H groups in total. The highest BCUT2D eigenvalue weighted by Crippen LogP contribution is 2.27. The average Bonchev–Trinajstić information content (AvgIpc) is 3.53. The summed E-state index contributed by atoms with van der Waals surface area (Å²) in [6.45, 7) is 11.1. The molecule has 0 radical (unpaired) electrons. The van der Waals surface area contributed by atoms with Gasteiger partial charge in [0.1, 0.15) is 11.4 Å². The molecule has 1 aliphatic rings. The molecule has 10 nitrogen and oxygen atoms in total. The quantitative estimate of drug-likeness (QED) is 0.391. The topological polar surface area (TPSA) is 111 Å². The van der Waals surface area contributed by atoms with Gasteiger partial charge in [-0.25, -0.2) is 9.78 Å². The van der Waals surface area contributed by atoms with E-state index in [1.54, 1.807) is 11.1 Å². The molecule has 1 atom stereocenters. The van der Waals surface area contributed by atoms with Crippen molar-refractivity contribution in [3.05, 3.63) is 54.6 Å². The van der Waals surface area contributed by atoms with Crippen LogP contribution < -0.4 is 5.32 Å². The summed E-state index contributed by atoms with van der Waals surface area (Å²) in [6, 6.07) is 7.91. The number of nitrogens with zero attached hydrogens (tertiary/aromatic N) is 7. The van der Waals surface area contributed by atoms with Crippen LogP contribution in [0.25, 0.3) is 22.2 Å². The number of likely N-dealkylation sites (tertiary alicyclic amines) is 1. The summed E-state index contributed by atoms with van der Waals surface area (Å²) in [5, 5.41) is 16.1. The summed E-state index contributed by atoms with van der Waals surface area (Å²) >= 11 is 0. The molecule has 4 aromatic heterocycles. The molecule has 0 aliphatic carbocycles. The van der Waals surface area contributed by atoms with Gasteiger partial charge in [0.05, 0.1) is 29.5 Å². The second kappa shape index (κ2) is 9.76. The number of nitrogens with one attached hydrogen (secondary N) is 1. The molecular formula is C27H32N8O2. The Morgan fingerprint density at radius 3 is 2.70 bits per heavy atom. The van der Waals surface area contributed by atoms with E-state index in [9.17, 15) is 4.79 Å². The zero-order chi connectivity index (χ0) is 26.2. The summed E-state index contributed by atoms with van der Waals surface area (Å²) < 4.78 is 7.44. The summed E-state index contributed by atoms with van der Waals surface area (Å²) in [5.41, 5.74) is 4.03. The van der Waals surface area contributed by atoms with Crippen LogP contribution in [0.2, 0.25) is 0 Å². The van der Waals surface area contributed by atoms with Crippen LogP contribution in [0.4, 0.5) is 16.4 Å². The molecule has 1 saturated heterocycles. The van der Waals surface area contributed by atoms with E-state index in [0.717, 1.165) is 34.1 Å². The largest absolute Gasteiger partial charge is 0.444 e. The third kappa shape index (κ3) is 5.68. The van der Waals surface area contributed by atoms with Crippen molar-refractivity contribution in [2.45, 2.75) is 58.6 Å². The molecule has 4 aromatic rings. The van der Waals surface area contributed by atoms with Gasteiger partial charge in [-0.3, -0.25) is 9.67 Å². The van der Waals surface area contributed by atoms with Crippen LogP contribution in [0, 0.1) is 0 Å². The normalized spacial score (nSPS) is 15.9. The molecule has 1 fully saturated rings. The van der Waals surface area contributed by atoms with Crippen LogP contribution in [0.1, 0.15) is 58.6 Å². The number of hydrogen-bond acceptors (Lipinski definition) is 8. The Kier molecular flexibility index (Phi) is 6.49. The highest BCUT2D eigenvalue weighted by Gasteiger charge is 2.31. The van der Waals surface area contributed by atoms with Crippen LogP contribution in [0.5, 0.6) is 0 Å². The van der Waals surface area contributed by atoms with Gasteiger partial charge in [0.25, 0.3) is 0 Å². The van der Waals surface area contributed by atoms with Gasteiger partial charge in [0.15, 0.2) is 5.82 Å². The van der Waals surface area contributed by atoms with Crippen LogP contribution in [-0.2, 0) is 4.74 Å². The maximum absolute atomic E-state index is 12.4. The van der Waals surface area contributed by atoms with E-state index in [-0.39, 0.29) is 12.1 Å². The fourth-order valence-corrected chi connectivity index (χ4v) is 4.26. The van der Waals surface area contributed by atoms with Crippen molar-refractivity contribution >= 4 is 28.8 Å². The number of rotatable bonds is 5. The minimum Gasteiger partial charge on any atom is -0.444 e. The number of anilines is 2. The van der Waals surface area contributed by atoms with Crippen LogP contribution in [0.15, 0.2) is 49.1 Å². The van der Waals surface area contributed by atoms with Crippen LogP contribution >= 0.6 is 0 Å². The maximum atomic E-state index is 12.4. The molecule has 37 heavy (non-hydrogen) atoms. The number of hydrogen-bond donors (Lipinski definition) is 1. The van der Waals surface area contributed by atoms with Crippen molar-refractivity contribution in [2.24, 2.45) is 0 Å². The van der Waals surface area contributed by atoms with Crippen LogP contribution in [-0.4, -0.2) is 59.6 Å². The molecule has 1 amide bonds. The SMILES string of the molecule is CC(C)c1cnnc(Nc2ccc3ncc(-c4cnn([C@H]5CCN(C(=O)OC(C)(C)C)C5)c4)cc3n2)c1. The molecular weight excluding hydrogens is 468 g/mol. The maximum Gasteiger partial charge on any atom is 0.410 e. The lowest BCUT2D eigenvalue weighted by molar-refractivity contribution is 0.0288. The Balaban J connectivity index is 1.31. The third-order valence-corrected chi connectivity index (χ3v) is 6.26. The molecule has 1 aliphatic heterocycles. The van der Waals surface area contributed by atoms with Gasteiger partial charge in [0.2, 0.25) is 0 Å². The molecule has 0 saturated carbocycles. The van der Waals surface area contributed by atoms with Crippen molar-refractivity contribution in [2.75, 3.05) is 18.4 Å². The van der Waals surface area contributed by atoms with Gasteiger partial charge in [-0.2, -0.15) is 10.2 Å². The lowest BCUT2D eigenvalue weighted by Gasteiger charge is -2.24. The van der Waals surface area contributed by atoms with E-state index < -0.39 is 5.60 Å².